The minimum Gasteiger partial charge on any atom is -0.482 e. The van der Waals surface area contributed by atoms with Crippen LogP contribution in [0, 0.1) is 12.3 Å². The lowest BCUT2D eigenvalue weighted by atomic mass is 10.1. The van der Waals surface area contributed by atoms with E-state index in [0.29, 0.717) is 42.9 Å². The number of rotatable bonds is 13. The molecule has 2 aromatic carbocycles. The predicted molar refractivity (Wildman–Crippen MR) is 193 cm³/mol. The van der Waals surface area contributed by atoms with E-state index in [4.69, 9.17) is 43.8 Å². The van der Waals surface area contributed by atoms with Crippen LogP contribution in [0.5, 0.6) is 5.75 Å². The molecule has 1 saturated heterocycles. The molecule has 2 N–H and O–H groups in total. The first-order valence-electron chi connectivity index (χ1n) is 16.3. The number of anilines is 1. The molecule has 0 saturated carbocycles. The first-order chi connectivity index (χ1) is 24.6. The summed E-state index contributed by atoms with van der Waals surface area (Å²) in [7, 11) is -4.42. The van der Waals surface area contributed by atoms with Gasteiger partial charge in [-0.25, -0.2) is 9.59 Å². The zero-order chi connectivity index (χ0) is 38.1. The van der Waals surface area contributed by atoms with Crippen LogP contribution in [0.15, 0.2) is 53.6 Å². The number of esters is 1. The van der Waals surface area contributed by atoms with Crippen LogP contribution in [0.2, 0.25) is 10.0 Å². The van der Waals surface area contributed by atoms with Gasteiger partial charge in [-0.05, 0) is 82.9 Å². The normalized spacial score (nSPS) is 13.5. The van der Waals surface area contributed by atoms with Crippen LogP contribution >= 0.6 is 23.2 Å². The van der Waals surface area contributed by atoms with Crippen LogP contribution in [0.4, 0.5) is 10.5 Å². The fourth-order valence-corrected chi connectivity index (χ4v) is 6.63. The number of aromatic nitrogens is 2. The topological polar surface area (TPSA) is 175 Å². The number of nitrogens with zero attached hydrogens (tertiary/aromatic N) is 3. The van der Waals surface area contributed by atoms with Crippen LogP contribution in [0.25, 0.3) is 0 Å². The zero-order valence-corrected chi connectivity index (χ0v) is 31.1. The number of carbonyl (C=O) groups is 4. The standard InChI is InChI=1S/C35H39Cl2N5O9S/c1-5-6-7-8-20-49-29(43)22-50-24-12-14-25(15-13-24)52(47,48)42-21-28(39-32(44)30-26(36)10-9-11-27(30)37)31(40-42)33(45)38-23-16-18-41(19-17-23)34(46)51-35(2,3)4/h1,9-15,21,23H,6-8,16-20,22H2,2-4H3,(H,38,45)(H,39,44). The third-order valence-electron chi connectivity index (χ3n) is 7.53. The molecule has 1 aliphatic heterocycles. The van der Waals surface area contributed by atoms with E-state index in [9.17, 15) is 27.6 Å². The Morgan fingerprint density at radius 2 is 1.65 bits per heavy atom. The number of carbonyl (C=O) groups excluding carboxylic acids is 4. The van der Waals surface area contributed by atoms with Crippen LogP contribution in [-0.2, 0) is 24.3 Å². The van der Waals surface area contributed by atoms with Crippen molar-refractivity contribution in [3.05, 3.63) is 70.0 Å². The van der Waals surface area contributed by atoms with Gasteiger partial charge in [-0.1, -0.05) is 29.3 Å². The number of amides is 3. The van der Waals surface area contributed by atoms with E-state index in [1.54, 1.807) is 31.7 Å². The van der Waals surface area contributed by atoms with Crippen LogP contribution in [0.3, 0.4) is 0 Å². The molecule has 0 unspecified atom stereocenters. The maximum absolute atomic E-state index is 13.7. The third-order valence-corrected chi connectivity index (χ3v) is 9.71. The van der Waals surface area contributed by atoms with Crippen molar-refractivity contribution in [2.45, 2.75) is 69.4 Å². The van der Waals surface area contributed by atoms with Gasteiger partial charge in [0.25, 0.3) is 21.8 Å². The summed E-state index contributed by atoms with van der Waals surface area (Å²) in [6.45, 7) is 5.74. The zero-order valence-electron chi connectivity index (χ0n) is 28.8. The highest BCUT2D eigenvalue weighted by atomic mass is 35.5. The summed E-state index contributed by atoms with van der Waals surface area (Å²) in [6, 6.07) is 9.21. The Morgan fingerprint density at radius 3 is 2.27 bits per heavy atom. The number of nitrogens with one attached hydrogen (secondary N) is 2. The average Bonchev–Trinajstić information content (AvgIpc) is 3.51. The molecule has 1 aliphatic rings. The Bertz CT molecular complexity index is 1910. The van der Waals surface area contributed by atoms with Crippen molar-refractivity contribution in [1.82, 2.24) is 19.4 Å². The number of piperidine rings is 1. The van der Waals surface area contributed by atoms with Crippen LogP contribution < -0.4 is 15.4 Å². The van der Waals surface area contributed by atoms with E-state index < -0.39 is 57.8 Å². The van der Waals surface area contributed by atoms with Crippen molar-refractivity contribution in [2.24, 2.45) is 0 Å². The van der Waals surface area contributed by atoms with Gasteiger partial charge in [0.1, 0.15) is 11.4 Å². The summed E-state index contributed by atoms with van der Waals surface area (Å²) in [4.78, 5) is 52.7. The van der Waals surface area contributed by atoms with Gasteiger partial charge in [0, 0.05) is 25.6 Å². The molecule has 3 amide bonds. The SMILES string of the molecule is C#CCCCCOC(=O)COc1ccc(S(=O)(=O)n2cc(NC(=O)c3c(Cl)cccc3Cl)c(C(=O)NC3CCN(C(=O)OC(C)(C)C)CC3)n2)cc1. The van der Waals surface area contributed by atoms with Gasteiger partial charge in [0.15, 0.2) is 12.3 Å². The van der Waals surface area contributed by atoms with Gasteiger partial charge in [-0.3, -0.25) is 9.59 Å². The molecule has 14 nitrogen and oxygen atoms in total. The Labute approximate surface area is 312 Å². The number of ether oxygens (including phenoxy) is 3. The number of likely N-dealkylation sites (tertiary alicyclic amines) is 1. The summed E-state index contributed by atoms with van der Waals surface area (Å²) in [5.41, 5.74) is -1.38. The number of hydrogen-bond donors (Lipinski definition) is 2. The largest absolute Gasteiger partial charge is 0.482 e. The minimum absolute atomic E-state index is 0.0309. The molecule has 1 fully saturated rings. The molecule has 0 radical (unpaired) electrons. The highest BCUT2D eigenvalue weighted by molar-refractivity contribution is 7.89. The number of terminal acetylenes is 1. The first kappa shape index (κ1) is 40.0. The maximum Gasteiger partial charge on any atom is 0.410 e. The Morgan fingerprint density at radius 1 is 1.00 bits per heavy atom. The molecule has 0 bridgehead atoms. The maximum atomic E-state index is 13.7. The average molecular weight is 777 g/mol. The summed E-state index contributed by atoms with van der Waals surface area (Å²) in [6.07, 6.45) is 8.43. The molecule has 4 rings (SSSR count). The van der Waals surface area contributed by atoms with Crippen molar-refractivity contribution in [1.29, 1.82) is 0 Å². The molecule has 0 spiro atoms. The van der Waals surface area contributed by atoms with E-state index in [2.05, 4.69) is 21.7 Å². The van der Waals surface area contributed by atoms with Crippen LogP contribution in [-0.4, -0.2) is 84.3 Å². The Balaban J connectivity index is 1.51. The summed E-state index contributed by atoms with van der Waals surface area (Å²) >= 11 is 12.4. The minimum atomic E-state index is -4.42. The lowest BCUT2D eigenvalue weighted by Crippen LogP contribution is -2.48. The molecule has 17 heteroatoms. The summed E-state index contributed by atoms with van der Waals surface area (Å²) < 4.78 is 43.9. The van der Waals surface area contributed by atoms with Gasteiger partial charge < -0.3 is 29.7 Å². The van der Waals surface area contributed by atoms with E-state index in [0.717, 1.165) is 12.6 Å². The summed E-state index contributed by atoms with van der Waals surface area (Å²) in [5, 5.41) is 9.48. The Hall–Kier alpha value is -4.78. The molecule has 0 aliphatic carbocycles. The fourth-order valence-electron chi connectivity index (χ4n) is 4.94. The lowest BCUT2D eigenvalue weighted by Gasteiger charge is -2.33. The third kappa shape index (κ3) is 10.9. The highest BCUT2D eigenvalue weighted by Crippen LogP contribution is 2.27. The number of hydrogen-bond acceptors (Lipinski definition) is 10. The van der Waals surface area contributed by atoms with Gasteiger partial charge in [0.05, 0.1) is 39.0 Å². The number of unbranched alkanes of at least 4 members (excludes halogenated alkanes) is 2. The first-order valence-corrected chi connectivity index (χ1v) is 18.5. The highest BCUT2D eigenvalue weighted by Gasteiger charge is 2.31. The monoisotopic (exact) mass is 775 g/mol. The molecular weight excluding hydrogens is 737 g/mol. The van der Waals surface area contributed by atoms with Crippen molar-refractivity contribution in [2.75, 3.05) is 31.6 Å². The molecule has 3 aromatic rings. The van der Waals surface area contributed by atoms with Gasteiger partial charge in [-0.15, -0.1) is 12.3 Å². The van der Waals surface area contributed by atoms with Gasteiger partial charge in [-0.2, -0.15) is 17.6 Å². The number of halogens is 2. The van der Waals surface area contributed by atoms with Crippen molar-refractivity contribution < 1.29 is 41.8 Å². The van der Waals surface area contributed by atoms with Gasteiger partial charge >= 0.3 is 12.1 Å². The quantitative estimate of drug-likeness (QED) is 0.128. The second kappa shape index (κ2) is 17.6. The van der Waals surface area contributed by atoms with Crippen LogP contribution in [0.1, 0.15) is 73.7 Å². The second-order valence-corrected chi connectivity index (χ2v) is 15.3. The molecule has 278 valence electrons. The van der Waals surface area contributed by atoms with Crippen molar-refractivity contribution in [3.63, 3.8) is 0 Å². The van der Waals surface area contributed by atoms with E-state index in [-0.39, 0.29) is 38.5 Å². The molecular formula is C35H39Cl2N5O9S. The van der Waals surface area contributed by atoms with E-state index in [1.807, 2.05) is 0 Å². The molecule has 2 heterocycles. The Kier molecular flexibility index (Phi) is 13.6. The second-order valence-electron chi connectivity index (χ2n) is 12.7. The van der Waals surface area contributed by atoms with E-state index >= 15 is 0 Å². The van der Waals surface area contributed by atoms with E-state index in [1.165, 1.54) is 36.4 Å². The lowest BCUT2D eigenvalue weighted by molar-refractivity contribution is -0.146. The smallest absolute Gasteiger partial charge is 0.410 e. The fraction of sp³-hybridized carbons (Fsp3) is 0.400. The van der Waals surface area contributed by atoms with Crippen molar-refractivity contribution >= 4 is 62.8 Å². The molecule has 0 atom stereocenters. The predicted octanol–water partition coefficient (Wildman–Crippen LogP) is 5.53. The number of benzene rings is 2. The van der Waals surface area contributed by atoms with Gasteiger partial charge in [0.2, 0.25) is 0 Å². The van der Waals surface area contributed by atoms with Crippen molar-refractivity contribution in [3.8, 4) is 18.1 Å². The molecule has 1 aromatic heterocycles. The summed E-state index contributed by atoms with van der Waals surface area (Å²) in [5.74, 6) is 0.539. The molecule has 52 heavy (non-hydrogen) atoms.